The summed E-state index contributed by atoms with van der Waals surface area (Å²) in [6.07, 6.45) is 1.17. The SMILES string of the molecule is CCCN1C(=O)Cc2ccccc2C1C(=O)NCc1cccc(OC)c1. The van der Waals surface area contributed by atoms with Crippen molar-refractivity contribution in [3.63, 3.8) is 0 Å². The monoisotopic (exact) mass is 352 g/mol. The first-order valence-corrected chi connectivity index (χ1v) is 8.92. The van der Waals surface area contributed by atoms with Crippen LogP contribution in [-0.2, 0) is 22.6 Å². The van der Waals surface area contributed by atoms with Crippen LogP contribution in [0.2, 0.25) is 0 Å². The summed E-state index contributed by atoms with van der Waals surface area (Å²) < 4.78 is 5.22. The molecule has 0 saturated carbocycles. The molecular formula is C21H24N2O3. The number of amides is 2. The third-order valence-electron chi connectivity index (χ3n) is 4.64. The maximum absolute atomic E-state index is 13.0. The summed E-state index contributed by atoms with van der Waals surface area (Å²) in [5.74, 6) is 0.608. The van der Waals surface area contributed by atoms with Crippen molar-refractivity contribution in [3.05, 3.63) is 65.2 Å². The number of carbonyl (C=O) groups is 2. The van der Waals surface area contributed by atoms with Crippen LogP contribution in [0, 0.1) is 0 Å². The minimum atomic E-state index is -0.571. The first-order valence-electron chi connectivity index (χ1n) is 8.92. The van der Waals surface area contributed by atoms with Crippen LogP contribution in [0.3, 0.4) is 0 Å². The highest BCUT2D eigenvalue weighted by atomic mass is 16.5. The van der Waals surface area contributed by atoms with Crippen molar-refractivity contribution < 1.29 is 14.3 Å². The third kappa shape index (κ3) is 3.72. The molecule has 0 spiro atoms. The fraction of sp³-hybridized carbons (Fsp3) is 0.333. The molecular weight excluding hydrogens is 328 g/mol. The Hall–Kier alpha value is -2.82. The van der Waals surface area contributed by atoms with Crippen LogP contribution in [0.5, 0.6) is 5.75 Å². The molecule has 0 bridgehead atoms. The second-order valence-electron chi connectivity index (χ2n) is 6.43. The Labute approximate surface area is 154 Å². The topological polar surface area (TPSA) is 58.6 Å². The van der Waals surface area contributed by atoms with Gasteiger partial charge in [0.2, 0.25) is 11.8 Å². The Morgan fingerprint density at radius 1 is 1.23 bits per heavy atom. The second-order valence-corrected chi connectivity index (χ2v) is 6.43. The van der Waals surface area contributed by atoms with E-state index in [1.807, 2.05) is 55.5 Å². The largest absolute Gasteiger partial charge is 0.497 e. The Kier molecular flexibility index (Phi) is 5.56. The summed E-state index contributed by atoms with van der Waals surface area (Å²) in [4.78, 5) is 27.2. The Balaban J connectivity index is 1.81. The van der Waals surface area contributed by atoms with Crippen LogP contribution in [-0.4, -0.2) is 30.4 Å². The highest BCUT2D eigenvalue weighted by Gasteiger charge is 2.36. The maximum atomic E-state index is 13.0. The van der Waals surface area contributed by atoms with Crippen molar-refractivity contribution in [2.75, 3.05) is 13.7 Å². The zero-order chi connectivity index (χ0) is 18.5. The molecule has 1 unspecified atom stereocenters. The van der Waals surface area contributed by atoms with E-state index in [1.54, 1.807) is 12.0 Å². The summed E-state index contributed by atoms with van der Waals surface area (Å²) in [6.45, 7) is 2.98. The molecule has 1 atom stereocenters. The van der Waals surface area contributed by atoms with Crippen molar-refractivity contribution in [2.24, 2.45) is 0 Å². The lowest BCUT2D eigenvalue weighted by Gasteiger charge is -2.36. The van der Waals surface area contributed by atoms with Crippen molar-refractivity contribution in [3.8, 4) is 5.75 Å². The van der Waals surface area contributed by atoms with Gasteiger partial charge in [-0.1, -0.05) is 43.3 Å². The lowest BCUT2D eigenvalue weighted by Crippen LogP contribution is -2.47. The number of rotatable bonds is 6. The van der Waals surface area contributed by atoms with Crippen molar-refractivity contribution >= 4 is 11.8 Å². The van der Waals surface area contributed by atoms with Crippen LogP contribution in [0.25, 0.3) is 0 Å². The highest BCUT2D eigenvalue weighted by molar-refractivity contribution is 5.92. The van der Waals surface area contributed by atoms with Gasteiger partial charge >= 0.3 is 0 Å². The molecule has 0 radical (unpaired) electrons. The van der Waals surface area contributed by atoms with Gasteiger partial charge in [0.05, 0.1) is 13.5 Å². The van der Waals surface area contributed by atoms with E-state index in [9.17, 15) is 9.59 Å². The first-order chi connectivity index (χ1) is 12.6. The van der Waals surface area contributed by atoms with Gasteiger partial charge in [-0.3, -0.25) is 9.59 Å². The number of fused-ring (bicyclic) bond motifs is 1. The lowest BCUT2D eigenvalue weighted by atomic mass is 9.91. The number of hydrogen-bond donors (Lipinski definition) is 1. The normalized spacial score (nSPS) is 16.2. The lowest BCUT2D eigenvalue weighted by molar-refractivity contribution is -0.141. The molecule has 2 aromatic carbocycles. The summed E-state index contributed by atoms with van der Waals surface area (Å²) in [7, 11) is 1.62. The number of methoxy groups -OCH3 is 1. The molecule has 26 heavy (non-hydrogen) atoms. The summed E-state index contributed by atoms with van der Waals surface area (Å²) in [5, 5.41) is 2.98. The van der Waals surface area contributed by atoms with Crippen LogP contribution < -0.4 is 10.1 Å². The van der Waals surface area contributed by atoms with Gasteiger partial charge in [0.25, 0.3) is 0 Å². The quantitative estimate of drug-likeness (QED) is 0.870. The smallest absolute Gasteiger partial charge is 0.247 e. The number of carbonyl (C=O) groups excluding carboxylic acids is 2. The molecule has 5 nitrogen and oxygen atoms in total. The maximum Gasteiger partial charge on any atom is 0.247 e. The average Bonchev–Trinajstić information content (AvgIpc) is 2.67. The van der Waals surface area contributed by atoms with Gasteiger partial charge < -0.3 is 15.0 Å². The molecule has 1 aliphatic rings. The van der Waals surface area contributed by atoms with Gasteiger partial charge in [0.15, 0.2) is 0 Å². The van der Waals surface area contributed by atoms with Crippen LogP contribution in [0.15, 0.2) is 48.5 Å². The predicted molar refractivity (Wildman–Crippen MR) is 99.7 cm³/mol. The fourth-order valence-corrected chi connectivity index (χ4v) is 3.38. The van der Waals surface area contributed by atoms with Gasteiger partial charge in [-0.25, -0.2) is 0 Å². The Bertz CT molecular complexity index is 803. The Morgan fingerprint density at radius 2 is 2.04 bits per heavy atom. The van der Waals surface area contributed by atoms with Crippen molar-refractivity contribution in [2.45, 2.75) is 32.4 Å². The minimum absolute atomic E-state index is 0.00656. The van der Waals surface area contributed by atoms with Gasteiger partial charge in [-0.2, -0.15) is 0 Å². The number of ether oxygens (including phenoxy) is 1. The highest BCUT2D eigenvalue weighted by Crippen LogP contribution is 2.30. The zero-order valence-electron chi connectivity index (χ0n) is 15.2. The summed E-state index contributed by atoms with van der Waals surface area (Å²) in [6, 6.07) is 14.7. The van der Waals surface area contributed by atoms with Gasteiger partial charge in [0, 0.05) is 13.1 Å². The van der Waals surface area contributed by atoms with E-state index >= 15 is 0 Å². The van der Waals surface area contributed by atoms with E-state index in [0.717, 1.165) is 28.9 Å². The van der Waals surface area contributed by atoms with E-state index in [2.05, 4.69) is 5.32 Å². The minimum Gasteiger partial charge on any atom is -0.497 e. The molecule has 3 rings (SSSR count). The number of benzene rings is 2. The first kappa shape index (κ1) is 18.0. The third-order valence-corrected chi connectivity index (χ3v) is 4.64. The molecule has 136 valence electrons. The molecule has 5 heteroatoms. The van der Waals surface area contributed by atoms with Crippen LogP contribution >= 0.6 is 0 Å². The van der Waals surface area contributed by atoms with Crippen LogP contribution in [0.1, 0.15) is 36.1 Å². The van der Waals surface area contributed by atoms with E-state index in [0.29, 0.717) is 19.5 Å². The molecule has 0 aliphatic carbocycles. The molecule has 2 aromatic rings. The van der Waals surface area contributed by atoms with E-state index in [1.165, 1.54) is 0 Å². The Morgan fingerprint density at radius 3 is 2.81 bits per heavy atom. The van der Waals surface area contributed by atoms with Gasteiger partial charge in [0.1, 0.15) is 11.8 Å². The molecule has 0 saturated heterocycles. The number of nitrogens with zero attached hydrogens (tertiary/aromatic N) is 1. The fourth-order valence-electron chi connectivity index (χ4n) is 3.38. The molecule has 0 aromatic heterocycles. The van der Waals surface area contributed by atoms with Gasteiger partial charge in [-0.05, 0) is 35.2 Å². The molecule has 2 amide bonds. The molecule has 1 N–H and O–H groups in total. The van der Waals surface area contributed by atoms with Crippen molar-refractivity contribution in [1.82, 2.24) is 10.2 Å². The molecule has 1 heterocycles. The van der Waals surface area contributed by atoms with Gasteiger partial charge in [-0.15, -0.1) is 0 Å². The van der Waals surface area contributed by atoms with Crippen molar-refractivity contribution in [1.29, 1.82) is 0 Å². The van der Waals surface area contributed by atoms with Crippen LogP contribution in [0.4, 0.5) is 0 Å². The predicted octanol–water partition coefficient (Wildman–Crippen LogP) is 2.85. The standard InChI is InChI=1S/C21H24N2O3/c1-3-11-23-19(24)13-16-8-4-5-10-18(16)20(23)21(25)22-14-15-7-6-9-17(12-15)26-2/h4-10,12,20H,3,11,13-14H2,1-2H3,(H,22,25). The average molecular weight is 352 g/mol. The molecule has 1 aliphatic heterocycles. The van der Waals surface area contributed by atoms with E-state index < -0.39 is 6.04 Å². The molecule has 0 fully saturated rings. The van der Waals surface area contributed by atoms with E-state index in [4.69, 9.17) is 4.74 Å². The zero-order valence-corrected chi connectivity index (χ0v) is 15.2. The number of nitrogens with one attached hydrogen (secondary N) is 1. The summed E-state index contributed by atoms with van der Waals surface area (Å²) in [5.41, 5.74) is 2.81. The number of hydrogen-bond acceptors (Lipinski definition) is 3. The summed E-state index contributed by atoms with van der Waals surface area (Å²) >= 11 is 0. The van der Waals surface area contributed by atoms with E-state index in [-0.39, 0.29) is 11.8 Å². The second kappa shape index (κ2) is 8.04.